The van der Waals surface area contributed by atoms with Crippen molar-refractivity contribution in [2.24, 2.45) is 5.73 Å². The van der Waals surface area contributed by atoms with E-state index in [-0.39, 0.29) is 13.0 Å². The van der Waals surface area contributed by atoms with Crippen molar-refractivity contribution in [3.8, 4) is 0 Å². The first-order chi connectivity index (χ1) is 6.20. The molecule has 0 saturated carbocycles. The first-order valence-electron chi connectivity index (χ1n) is 4.28. The minimum Gasteiger partial charge on any atom is -0.434 e. The summed E-state index contributed by atoms with van der Waals surface area (Å²) in [7, 11) is 0. The second kappa shape index (κ2) is 7.54. The molecule has 0 spiro atoms. The summed E-state index contributed by atoms with van der Waals surface area (Å²) in [4.78, 5) is 21.4. The van der Waals surface area contributed by atoms with Gasteiger partial charge in [0, 0.05) is 6.42 Å². The van der Waals surface area contributed by atoms with Gasteiger partial charge >= 0.3 is 12.1 Å². The van der Waals surface area contributed by atoms with Crippen LogP contribution in [0.4, 0.5) is 4.79 Å². The van der Waals surface area contributed by atoms with E-state index in [9.17, 15) is 9.59 Å². The monoisotopic (exact) mass is 189 g/mol. The van der Waals surface area contributed by atoms with Gasteiger partial charge in [-0.3, -0.25) is 4.79 Å². The highest BCUT2D eigenvalue weighted by Gasteiger charge is 2.09. The normalized spacial score (nSPS) is 9.38. The van der Waals surface area contributed by atoms with E-state index in [0.29, 0.717) is 13.0 Å². The summed E-state index contributed by atoms with van der Waals surface area (Å²) >= 11 is 0. The lowest BCUT2D eigenvalue weighted by molar-refractivity contribution is -0.139. The van der Waals surface area contributed by atoms with Crippen LogP contribution in [0.25, 0.3) is 0 Å². The van der Waals surface area contributed by atoms with Crippen molar-refractivity contribution < 1.29 is 19.1 Å². The maximum atomic E-state index is 10.8. The molecule has 0 saturated heterocycles. The predicted octanol–water partition coefficient (Wildman–Crippen LogP) is 0.815. The lowest BCUT2D eigenvalue weighted by atomic mass is 10.2. The molecule has 0 radical (unpaired) electrons. The zero-order chi connectivity index (χ0) is 10.1. The van der Waals surface area contributed by atoms with Gasteiger partial charge in [-0.1, -0.05) is 0 Å². The third kappa shape index (κ3) is 7.27. The molecule has 2 N–H and O–H groups in total. The summed E-state index contributed by atoms with van der Waals surface area (Å²) in [5.74, 6) is -0.563. The highest BCUT2D eigenvalue weighted by molar-refractivity contribution is 5.81. The van der Waals surface area contributed by atoms with Gasteiger partial charge in [0.15, 0.2) is 0 Å². The number of hydrogen-bond acceptors (Lipinski definition) is 5. The van der Waals surface area contributed by atoms with E-state index >= 15 is 0 Å². The van der Waals surface area contributed by atoms with Crippen LogP contribution in [0.15, 0.2) is 0 Å². The van der Waals surface area contributed by atoms with Crippen LogP contribution in [-0.2, 0) is 14.3 Å². The molecule has 0 aromatic carbocycles. The van der Waals surface area contributed by atoms with E-state index in [1.54, 1.807) is 6.92 Å². The van der Waals surface area contributed by atoms with Gasteiger partial charge < -0.3 is 15.2 Å². The number of carbonyl (C=O) groups excluding carboxylic acids is 2. The molecule has 0 heterocycles. The zero-order valence-corrected chi connectivity index (χ0v) is 7.75. The fourth-order valence-corrected chi connectivity index (χ4v) is 0.705. The van der Waals surface area contributed by atoms with Crippen molar-refractivity contribution >= 4 is 12.1 Å². The van der Waals surface area contributed by atoms with Crippen LogP contribution < -0.4 is 5.73 Å². The lowest BCUT2D eigenvalue weighted by Crippen LogP contribution is -2.13. The molecule has 76 valence electrons. The van der Waals surface area contributed by atoms with E-state index in [2.05, 4.69) is 9.47 Å². The molecular weight excluding hydrogens is 174 g/mol. The zero-order valence-electron chi connectivity index (χ0n) is 7.75. The number of esters is 1. The Morgan fingerprint density at radius 1 is 1.31 bits per heavy atom. The fraction of sp³-hybridized carbons (Fsp3) is 0.750. The predicted molar refractivity (Wildman–Crippen MR) is 46.0 cm³/mol. The summed E-state index contributed by atoms with van der Waals surface area (Å²) in [6, 6.07) is 0. The molecule has 0 aliphatic carbocycles. The third-order valence-electron chi connectivity index (χ3n) is 1.29. The Kier molecular flexibility index (Phi) is 6.91. The number of carbonyl (C=O) groups is 2. The van der Waals surface area contributed by atoms with Crippen LogP contribution >= 0.6 is 0 Å². The van der Waals surface area contributed by atoms with Crippen molar-refractivity contribution in [2.45, 2.75) is 26.2 Å². The average molecular weight is 189 g/mol. The summed E-state index contributed by atoms with van der Waals surface area (Å²) < 4.78 is 8.71. The molecule has 0 rings (SSSR count). The number of rotatable bonds is 5. The molecule has 0 unspecified atom stereocenters. The first kappa shape index (κ1) is 11.9. The van der Waals surface area contributed by atoms with Crippen LogP contribution in [0.1, 0.15) is 26.2 Å². The lowest BCUT2D eigenvalue weighted by Gasteiger charge is -2.01. The molecule has 5 nitrogen and oxygen atoms in total. The van der Waals surface area contributed by atoms with Crippen molar-refractivity contribution in [2.75, 3.05) is 13.2 Å². The average Bonchev–Trinajstić information content (AvgIpc) is 2.05. The summed E-state index contributed by atoms with van der Waals surface area (Å²) in [6.45, 7) is 2.38. The Bertz CT molecular complexity index is 170. The van der Waals surface area contributed by atoms with Crippen molar-refractivity contribution in [1.29, 1.82) is 0 Å². The van der Waals surface area contributed by atoms with Crippen LogP contribution in [-0.4, -0.2) is 25.3 Å². The van der Waals surface area contributed by atoms with Gasteiger partial charge in [-0.25, -0.2) is 4.79 Å². The van der Waals surface area contributed by atoms with Gasteiger partial charge in [0.1, 0.15) is 0 Å². The molecular formula is C8H15NO4. The quantitative estimate of drug-likeness (QED) is 0.393. The molecule has 0 amide bonds. The smallest absolute Gasteiger partial charge is 0.434 e. The van der Waals surface area contributed by atoms with E-state index in [4.69, 9.17) is 5.73 Å². The van der Waals surface area contributed by atoms with Gasteiger partial charge in [0.25, 0.3) is 0 Å². The van der Waals surface area contributed by atoms with Gasteiger partial charge in [0.05, 0.1) is 6.61 Å². The first-order valence-corrected chi connectivity index (χ1v) is 4.28. The SMILES string of the molecule is CCOC(=O)OC(=O)CCCCN. The number of nitrogens with two attached hydrogens (primary N) is 1. The summed E-state index contributed by atoms with van der Waals surface area (Å²) in [5.41, 5.74) is 5.22. The molecule has 0 aliphatic heterocycles. The molecule has 0 aliphatic rings. The molecule has 0 aromatic heterocycles. The molecule has 5 heteroatoms. The van der Waals surface area contributed by atoms with Crippen LogP contribution in [0.3, 0.4) is 0 Å². The standard InChI is InChI=1S/C8H15NO4/c1-2-12-8(11)13-7(10)5-3-4-6-9/h2-6,9H2,1H3. The van der Waals surface area contributed by atoms with E-state index in [0.717, 1.165) is 6.42 Å². The van der Waals surface area contributed by atoms with Gasteiger partial charge in [-0.15, -0.1) is 0 Å². The minimum atomic E-state index is -0.930. The molecule has 0 aromatic rings. The van der Waals surface area contributed by atoms with E-state index < -0.39 is 12.1 Å². The molecule has 0 bridgehead atoms. The minimum absolute atomic E-state index is 0.203. The van der Waals surface area contributed by atoms with Crippen LogP contribution in [0.5, 0.6) is 0 Å². The second-order valence-corrected chi connectivity index (χ2v) is 2.40. The van der Waals surface area contributed by atoms with Crippen molar-refractivity contribution in [3.63, 3.8) is 0 Å². The number of unbranched alkanes of at least 4 members (excludes halogenated alkanes) is 1. The topological polar surface area (TPSA) is 78.6 Å². The Hall–Kier alpha value is -1.10. The molecule has 13 heavy (non-hydrogen) atoms. The van der Waals surface area contributed by atoms with Crippen molar-refractivity contribution in [3.05, 3.63) is 0 Å². The molecule has 0 fully saturated rings. The fourth-order valence-electron chi connectivity index (χ4n) is 0.705. The number of ether oxygens (including phenoxy) is 2. The van der Waals surface area contributed by atoms with Gasteiger partial charge in [-0.05, 0) is 26.3 Å². The maximum Gasteiger partial charge on any atom is 0.516 e. The highest BCUT2D eigenvalue weighted by Crippen LogP contribution is 1.97. The summed E-state index contributed by atoms with van der Waals surface area (Å²) in [6.07, 6.45) is 0.656. The third-order valence-corrected chi connectivity index (χ3v) is 1.29. The van der Waals surface area contributed by atoms with E-state index in [1.807, 2.05) is 0 Å². The molecule has 0 atom stereocenters. The Morgan fingerprint density at radius 2 is 2.00 bits per heavy atom. The Balaban J connectivity index is 3.44. The second-order valence-electron chi connectivity index (χ2n) is 2.40. The Labute approximate surface area is 77.2 Å². The number of hydrogen-bond donors (Lipinski definition) is 1. The van der Waals surface area contributed by atoms with Gasteiger partial charge in [0.2, 0.25) is 0 Å². The van der Waals surface area contributed by atoms with Crippen LogP contribution in [0.2, 0.25) is 0 Å². The maximum absolute atomic E-state index is 10.8. The highest BCUT2D eigenvalue weighted by atomic mass is 16.7. The largest absolute Gasteiger partial charge is 0.516 e. The van der Waals surface area contributed by atoms with Crippen molar-refractivity contribution in [1.82, 2.24) is 0 Å². The Morgan fingerprint density at radius 3 is 2.54 bits per heavy atom. The van der Waals surface area contributed by atoms with Crippen LogP contribution in [0, 0.1) is 0 Å². The summed E-state index contributed by atoms with van der Waals surface area (Å²) in [5, 5.41) is 0. The van der Waals surface area contributed by atoms with Gasteiger partial charge in [-0.2, -0.15) is 0 Å². The van der Waals surface area contributed by atoms with E-state index in [1.165, 1.54) is 0 Å².